The van der Waals surface area contributed by atoms with Gasteiger partial charge in [0.25, 0.3) is 0 Å². The topological polar surface area (TPSA) is 81.2 Å². The van der Waals surface area contributed by atoms with Crippen molar-refractivity contribution in [3.8, 4) is 0 Å². The molecular weight excluding hydrogens is 376 g/mol. The molecule has 2 aliphatic carbocycles. The molecule has 2 saturated carbocycles. The van der Waals surface area contributed by atoms with Crippen LogP contribution in [0.25, 0.3) is 0 Å². The van der Waals surface area contributed by atoms with Crippen molar-refractivity contribution >= 4 is 9.84 Å². The maximum absolute atomic E-state index is 13.0. The Kier molecular flexibility index (Phi) is 5.87. The van der Waals surface area contributed by atoms with Crippen LogP contribution in [0.3, 0.4) is 0 Å². The molecule has 2 heterocycles. The third kappa shape index (κ3) is 4.84. The van der Waals surface area contributed by atoms with Crippen molar-refractivity contribution in [3.05, 3.63) is 29.9 Å². The number of rotatable bonds is 9. The number of aromatic nitrogens is 3. The SMILES string of the molecule is CN(Cc1ccno1)Cc1cnc(S(=O)(=O)CC2CC2)n1CC1CCCCC1. The van der Waals surface area contributed by atoms with E-state index in [2.05, 4.69) is 15.0 Å². The van der Waals surface area contributed by atoms with Gasteiger partial charge < -0.3 is 9.09 Å². The Balaban J connectivity index is 1.55. The molecule has 7 nitrogen and oxygen atoms in total. The molecule has 0 N–H and O–H groups in total. The number of nitrogens with zero attached hydrogens (tertiary/aromatic N) is 4. The Bertz CT molecular complexity index is 865. The van der Waals surface area contributed by atoms with Crippen LogP contribution in [0.15, 0.2) is 28.1 Å². The van der Waals surface area contributed by atoms with Gasteiger partial charge in [0, 0.05) is 19.2 Å². The van der Waals surface area contributed by atoms with Gasteiger partial charge in [-0.15, -0.1) is 0 Å². The van der Waals surface area contributed by atoms with Gasteiger partial charge in [-0.05, 0) is 44.6 Å². The van der Waals surface area contributed by atoms with E-state index < -0.39 is 9.84 Å². The first-order valence-electron chi connectivity index (χ1n) is 10.4. The minimum atomic E-state index is -3.34. The summed E-state index contributed by atoms with van der Waals surface area (Å²) < 4.78 is 33.1. The lowest BCUT2D eigenvalue weighted by molar-refractivity contribution is 0.253. The zero-order valence-corrected chi connectivity index (χ0v) is 17.4. The molecule has 8 heteroatoms. The van der Waals surface area contributed by atoms with Crippen LogP contribution in [0.5, 0.6) is 0 Å². The molecule has 2 aromatic heterocycles. The summed E-state index contributed by atoms with van der Waals surface area (Å²) in [6, 6.07) is 1.85. The van der Waals surface area contributed by atoms with E-state index in [0.29, 0.717) is 24.9 Å². The molecule has 28 heavy (non-hydrogen) atoms. The maximum Gasteiger partial charge on any atom is 0.227 e. The lowest BCUT2D eigenvalue weighted by Crippen LogP contribution is -2.24. The lowest BCUT2D eigenvalue weighted by atomic mass is 9.89. The van der Waals surface area contributed by atoms with Crippen molar-refractivity contribution in [2.45, 2.75) is 69.7 Å². The van der Waals surface area contributed by atoms with Crippen molar-refractivity contribution < 1.29 is 12.9 Å². The predicted molar refractivity (Wildman–Crippen MR) is 105 cm³/mol. The van der Waals surface area contributed by atoms with Gasteiger partial charge in [-0.2, -0.15) is 0 Å². The van der Waals surface area contributed by atoms with Gasteiger partial charge in [-0.1, -0.05) is 24.4 Å². The van der Waals surface area contributed by atoms with E-state index in [1.807, 2.05) is 17.7 Å². The highest BCUT2D eigenvalue weighted by atomic mass is 32.2. The first-order valence-corrected chi connectivity index (χ1v) is 12.0. The van der Waals surface area contributed by atoms with Crippen LogP contribution in [0.4, 0.5) is 0 Å². The van der Waals surface area contributed by atoms with E-state index in [4.69, 9.17) is 4.52 Å². The van der Waals surface area contributed by atoms with Gasteiger partial charge in [0.2, 0.25) is 15.0 Å². The average molecular weight is 407 g/mol. The predicted octanol–water partition coefficient (Wildman–Crippen LogP) is 3.27. The largest absolute Gasteiger partial charge is 0.360 e. The minimum absolute atomic E-state index is 0.238. The second kappa shape index (κ2) is 8.37. The molecule has 2 aliphatic rings. The zero-order valence-electron chi connectivity index (χ0n) is 16.6. The Labute approximate surface area is 167 Å². The number of imidazole rings is 1. The summed E-state index contributed by atoms with van der Waals surface area (Å²) >= 11 is 0. The highest BCUT2D eigenvalue weighted by Crippen LogP contribution is 2.33. The van der Waals surface area contributed by atoms with Crippen molar-refractivity contribution in [2.75, 3.05) is 12.8 Å². The molecule has 4 rings (SSSR count). The van der Waals surface area contributed by atoms with Crippen LogP contribution in [0, 0.1) is 11.8 Å². The highest BCUT2D eigenvalue weighted by molar-refractivity contribution is 7.91. The fraction of sp³-hybridized carbons (Fsp3) is 0.700. The van der Waals surface area contributed by atoms with E-state index in [1.54, 1.807) is 12.4 Å². The van der Waals surface area contributed by atoms with E-state index in [0.717, 1.165) is 30.8 Å². The summed E-state index contributed by atoms with van der Waals surface area (Å²) in [5.74, 6) is 1.89. The van der Waals surface area contributed by atoms with Gasteiger partial charge in [0.15, 0.2) is 5.76 Å². The summed E-state index contributed by atoms with van der Waals surface area (Å²) in [6.45, 7) is 2.00. The zero-order chi connectivity index (χ0) is 19.6. The summed E-state index contributed by atoms with van der Waals surface area (Å²) in [5, 5.41) is 4.02. The molecule has 154 valence electrons. The molecular formula is C20H30N4O3S. The summed E-state index contributed by atoms with van der Waals surface area (Å²) in [7, 11) is -1.34. The van der Waals surface area contributed by atoms with Crippen LogP contribution in [0.2, 0.25) is 0 Å². The van der Waals surface area contributed by atoms with Gasteiger partial charge in [-0.3, -0.25) is 4.90 Å². The normalized spacial score (nSPS) is 18.8. The van der Waals surface area contributed by atoms with Crippen LogP contribution in [-0.2, 0) is 29.5 Å². The first kappa shape index (κ1) is 19.6. The highest BCUT2D eigenvalue weighted by Gasteiger charge is 2.33. The van der Waals surface area contributed by atoms with Gasteiger partial charge in [-0.25, -0.2) is 13.4 Å². The number of hydrogen-bond donors (Lipinski definition) is 0. The van der Waals surface area contributed by atoms with Crippen molar-refractivity contribution in [2.24, 2.45) is 11.8 Å². The first-order chi connectivity index (χ1) is 13.5. The minimum Gasteiger partial charge on any atom is -0.360 e. The van der Waals surface area contributed by atoms with Crippen LogP contribution < -0.4 is 0 Å². The standard InChI is InChI=1S/C20H30N4O3S/c1-23(14-19-9-10-22-27-19)13-18-11-21-20(28(25,26)15-17-7-8-17)24(18)12-16-5-3-2-4-6-16/h9-11,16-17H,2-8,12-15H2,1H3. The molecule has 0 atom stereocenters. The molecule has 0 saturated heterocycles. The summed E-state index contributed by atoms with van der Waals surface area (Å²) in [5.41, 5.74) is 0.960. The number of sulfone groups is 1. The van der Waals surface area contributed by atoms with Crippen molar-refractivity contribution in [1.29, 1.82) is 0 Å². The monoisotopic (exact) mass is 406 g/mol. The van der Waals surface area contributed by atoms with Gasteiger partial charge >= 0.3 is 0 Å². The molecule has 0 spiro atoms. The van der Waals surface area contributed by atoms with Gasteiger partial charge in [0.05, 0.1) is 30.4 Å². The second-order valence-electron chi connectivity index (χ2n) is 8.52. The Morgan fingerprint density at radius 2 is 1.93 bits per heavy atom. The van der Waals surface area contributed by atoms with Crippen LogP contribution >= 0.6 is 0 Å². The Morgan fingerprint density at radius 1 is 1.14 bits per heavy atom. The fourth-order valence-corrected chi connectivity index (χ4v) is 6.03. The maximum atomic E-state index is 13.0. The molecule has 2 aromatic rings. The molecule has 2 fully saturated rings. The summed E-state index contributed by atoms with van der Waals surface area (Å²) in [6.07, 6.45) is 11.6. The Hall–Kier alpha value is -1.67. The molecule has 0 aromatic carbocycles. The summed E-state index contributed by atoms with van der Waals surface area (Å²) in [4.78, 5) is 6.50. The van der Waals surface area contributed by atoms with E-state index in [1.165, 1.54) is 32.1 Å². The fourth-order valence-electron chi connectivity index (χ4n) is 4.18. The van der Waals surface area contributed by atoms with E-state index in [-0.39, 0.29) is 10.9 Å². The molecule has 0 amide bonds. The van der Waals surface area contributed by atoms with E-state index >= 15 is 0 Å². The number of hydrogen-bond acceptors (Lipinski definition) is 6. The Morgan fingerprint density at radius 3 is 2.61 bits per heavy atom. The second-order valence-corrected chi connectivity index (χ2v) is 10.5. The third-order valence-electron chi connectivity index (χ3n) is 5.85. The van der Waals surface area contributed by atoms with Crippen molar-refractivity contribution in [3.63, 3.8) is 0 Å². The molecule has 0 radical (unpaired) electrons. The van der Waals surface area contributed by atoms with Crippen LogP contribution in [-0.4, -0.2) is 40.8 Å². The van der Waals surface area contributed by atoms with Crippen LogP contribution in [0.1, 0.15) is 56.4 Å². The molecule has 0 bridgehead atoms. The quantitative estimate of drug-likeness (QED) is 0.636. The smallest absolute Gasteiger partial charge is 0.227 e. The van der Waals surface area contributed by atoms with Crippen molar-refractivity contribution in [1.82, 2.24) is 19.6 Å². The van der Waals surface area contributed by atoms with Gasteiger partial charge in [0.1, 0.15) is 0 Å². The molecule has 0 aliphatic heterocycles. The van der Waals surface area contributed by atoms with E-state index in [9.17, 15) is 8.42 Å². The third-order valence-corrected chi connectivity index (χ3v) is 7.64. The lowest BCUT2D eigenvalue weighted by Gasteiger charge is -2.25. The average Bonchev–Trinajstić information content (AvgIpc) is 3.14. The molecule has 0 unspecified atom stereocenters.